The topological polar surface area (TPSA) is 58.1 Å². The SMILES string of the molecule is Oc1cc(OCc2ccccc2Cl)ccc1-c1[nH]ncc1-c1ccccc1Cl. The summed E-state index contributed by atoms with van der Waals surface area (Å²) in [5.41, 5.74) is 3.82. The Morgan fingerprint density at radius 1 is 0.857 bits per heavy atom. The highest BCUT2D eigenvalue weighted by atomic mass is 35.5. The van der Waals surface area contributed by atoms with Gasteiger partial charge in [0.15, 0.2) is 0 Å². The zero-order valence-electron chi connectivity index (χ0n) is 14.7. The van der Waals surface area contributed by atoms with Crippen molar-refractivity contribution in [3.05, 3.63) is 88.5 Å². The number of nitrogens with one attached hydrogen (secondary N) is 1. The highest BCUT2D eigenvalue weighted by Gasteiger charge is 2.16. The molecule has 28 heavy (non-hydrogen) atoms. The molecule has 140 valence electrons. The van der Waals surface area contributed by atoms with Crippen molar-refractivity contribution in [2.75, 3.05) is 0 Å². The molecule has 0 fully saturated rings. The van der Waals surface area contributed by atoms with E-state index in [0.29, 0.717) is 33.7 Å². The van der Waals surface area contributed by atoms with Gasteiger partial charge in [0.05, 0.1) is 11.9 Å². The van der Waals surface area contributed by atoms with Gasteiger partial charge in [-0.05, 0) is 24.3 Å². The van der Waals surface area contributed by atoms with E-state index in [1.165, 1.54) is 0 Å². The molecule has 0 aliphatic rings. The molecular formula is C22H16Cl2N2O2. The molecule has 0 bridgehead atoms. The third-order valence-corrected chi connectivity index (χ3v) is 5.09. The molecule has 0 unspecified atom stereocenters. The number of nitrogens with zero attached hydrogens (tertiary/aromatic N) is 1. The molecule has 0 atom stereocenters. The Morgan fingerprint density at radius 2 is 1.61 bits per heavy atom. The molecular weight excluding hydrogens is 395 g/mol. The van der Waals surface area contributed by atoms with Gasteiger partial charge in [0, 0.05) is 38.4 Å². The summed E-state index contributed by atoms with van der Waals surface area (Å²) in [5, 5.41) is 18.9. The highest BCUT2D eigenvalue weighted by molar-refractivity contribution is 6.33. The molecule has 0 aliphatic carbocycles. The number of H-pyrrole nitrogens is 1. The molecule has 0 spiro atoms. The van der Waals surface area contributed by atoms with Crippen LogP contribution in [0.3, 0.4) is 0 Å². The first-order valence-corrected chi connectivity index (χ1v) is 9.37. The summed E-state index contributed by atoms with van der Waals surface area (Å²) in [6.45, 7) is 0.313. The summed E-state index contributed by atoms with van der Waals surface area (Å²) in [5.74, 6) is 0.620. The van der Waals surface area contributed by atoms with Crippen molar-refractivity contribution in [1.82, 2.24) is 10.2 Å². The van der Waals surface area contributed by atoms with E-state index in [1.54, 1.807) is 24.4 Å². The zero-order chi connectivity index (χ0) is 19.5. The normalized spacial score (nSPS) is 10.8. The van der Waals surface area contributed by atoms with Crippen LogP contribution in [0.5, 0.6) is 11.5 Å². The van der Waals surface area contributed by atoms with Gasteiger partial charge in [-0.3, -0.25) is 5.10 Å². The maximum Gasteiger partial charge on any atom is 0.128 e. The molecule has 1 aromatic heterocycles. The molecule has 0 aliphatic heterocycles. The van der Waals surface area contributed by atoms with Gasteiger partial charge >= 0.3 is 0 Å². The molecule has 0 saturated heterocycles. The number of rotatable bonds is 5. The minimum Gasteiger partial charge on any atom is -0.507 e. The molecule has 2 N–H and O–H groups in total. The van der Waals surface area contributed by atoms with Crippen molar-refractivity contribution >= 4 is 23.2 Å². The van der Waals surface area contributed by atoms with E-state index in [-0.39, 0.29) is 5.75 Å². The summed E-state index contributed by atoms with van der Waals surface area (Å²) >= 11 is 12.5. The molecule has 1 heterocycles. The van der Waals surface area contributed by atoms with Gasteiger partial charge in [-0.2, -0.15) is 5.10 Å². The van der Waals surface area contributed by atoms with Crippen LogP contribution in [0.2, 0.25) is 10.0 Å². The van der Waals surface area contributed by atoms with E-state index in [2.05, 4.69) is 10.2 Å². The van der Waals surface area contributed by atoms with Crippen molar-refractivity contribution in [3.63, 3.8) is 0 Å². The first kappa shape index (κ1) is 18.4. The number of hydrogen-bond acceptors (Lipinski definition) is 3. The second-order valence-corrected chi connectivity index (χ2v) is 7.01. The lowest BCUT2D eigenvalue weighted by Crippen LogP contribution is -1.96. The maximum absolute atomic E-state index is 10.6. The van der Waals surface area contributed by atoms with Gasteiger partial charge in [0.2, 0.25) is 0 Å². The van der Waals surface area contributed by atoms with Crippen molar-refractivity contribution < 1.29 is 9.84 Å². The Bertz CT molecular complexity index is 1120. The number of phenols is 1. The van der Waals surface area contributed by atoms with Crippen LogP contribution in [0.1, 0.15) is 5.56 Å². The molecule has 4 rings (SSSR count). The van der Waals surface area contributed by atoms with E-state index in [1.807, 2.05) is 48.5 Å². The standard InChI is InChI=1S/C22H16Cl2N2O2/c23-19-7-3-1-5-14(19)13-28-15-9-10-17(21(27)11-15)22-18(12-25-26-22)16-6-2-4-8-20(16)24/h1-12,27H,13H2,(H,25,26). The predicted molar refractivity (Wildman–Crippen MR) is 112 cm³/mol. The van der Waals surface area contributed by atoms with Gasteiger partial charge in [-0.15, -0.1) is 0 Å². The smallest absolute Gasteiger partial charge is 0.128 e. The van der Waals surface area contributed by atoms with Crippen LogP contribution in [0.25, 0.3) is 22.4 Å². The molecule has 0 saturated carbocycles. The second-order valence-electron chi connectivity index (χ2n) is 6.20. The largest absolute Gasteiger partial charge is 0.507 e. The van der Waals surface area contributed by atoms with Crippen LogP contribution in [0.4, 0.5) is 0 Å². The van der Waals surface area contributed by atoms with E-state index in [9.17, 15) is 5.11 Å². The van der Waals surface area contributed by atoms with Gasteiger partial charge in [-0.1, -0.05) is 59.6 Å². The van der Waals surface area contributed by atoms with Crippen LogP contribution in [0.15, 0.2) is 72.9 Å². The summed E-state index contributed by atoms with van der Waals surface area (Å²) in [6.07, 6.45) is 1.69. The summed E-state index contributed by atoms with van der Waals surface area (Å²) in [4.78, 5) is 0. The molecule has 4 aromatic rings. The van der Waals surface area contributed by atoms with Crippen LogP contribution in [-0.2, 0) is 6.61 Å². The average molecular weight is 411 g/mol. The lowest BCUT2D eigenvalue weighted by molar-refractivity contribution is 0.304. The Labute approximate surface area is 172 Å². The molecule has 4 nitrogen and oxygen atoms in total. The third-order valence-electron chi connectivity index (χ3n) is 4.39. The minimum absolute atomic E-state index is 0.0780. The van der Waals surface area contributed by atoms with Crippen LogP contribution in [0, 0.1) is 0 Å². The van der Waals surface area contributed by atoms with Gasteiger partial charge in [0.25, 0.3) is 0 Å². The third kappa shape index (κ3) is 3.70. The number of aromatic amines is 1. The Kier molecular flexibility index (Phi) is 5.24. The number of aromatic nitrogens is 2. The first-order valence-electron chi connectivity index (χ1n) is 8.61. The summed E-state index contributed by atoms with van der Waals surface area (Å²) in [6, 6.07) is 20.1. The average Bonchev–Trinajstić information content (AvgIpc) is 3.17. The second kappa shape index (κ2) is 7.97. The molecule has 0 radical (unpaired) electrons. The van der Waals surface area contributed by atoms with Crippen LogP contribution >= 0.6 is 23.2 Å². The fraction of sp³-hybridized carbons (Fsp3) is 0.0455. The van der Waals surface area contributed by atoms with Crippen molar-refractivity contribution in [2.24, 2.45) is 0 Å². The fourth-order valence-electron chi connectivity index (χ4n) is 2.96. The molecule has 3 aromatic carbocycles. The number of halogens is 2. The monoisotopic (exact) mass is 410 g/mol. The van der Waals surface area contributed by atoms with Crippen molar-refractivity contribution in [2.45, 2.75) is 6.61 Å². The van der Waals surface area contributed by atoms with E-state index in [0.717, 1.165) is 16.7 Å². The summed E-state index contributed by atoms with van der Waals surface area (Å²) < 4.78 is 5.77. The summed E-state index contributed by atoms with van der Waals surface area (Å²) in [7, 11) is 0. The van der Waals surface area contributed by atoms with Crippen molar-refractivity contribution in [3.8, 4) is 33.9 Å². The van der Waals surface area contributed by atoms with Crippen LogP contribution in [-0.4, -0.2) is 15.3 Å². The lowest BCUT2D eigenvalue weighted by atomic mass is 10.0. The van der Waals surface area contributed by atoms with Crippen molar-refractivity contribution in [1.29, 1.82) is 0 Å². The van der Waals surface area contributed by atoms with Gasteiger partial charge < -0.3 is 9.84 Å². The lowest BCUT2D eigenvalue weighted by Gasteiger charge is -2.11. The number of aromatic hydroxyl groups is 1. The predicted octanol–water partition coefficient (Wildman–Crippen LogP) is 6.34. The van der Waals surface area contributed by atoms with E-state index < -0.39 is 0 Å². The fourth-order valence-corrected chi connectivity index (χ4v) is 3.39. The minimum atomic E-state index is 0.0780. The van der Waals surface area contributed by atoms with Gasteiger partial charge in [-0.25, -0.2) is 0 Å². The van der Waals surface area contributed by atoms with E-state index in [4.69, 9.17) is 27.9 Å². The number of phenolic OH excluding ortho intramolecular Hbond substituents is 1. The maximum atomic E-state index is 10.6. The van der Waals surface area contributed by atoms with Gasteiger partial charge in [0.1, 0.15) is 18.1 Å². The first-order chi connectivity index (χ1) is 13.6. The van der Waals surface area contributed by atoms with Crippen LogP contribution < -0.4 is 4.74 Å². The number of benzene rings is 3. The zero-order valence-corrected chi connectivity index (χ0v) is 16.2. The molecule has 0 amide bonds. The number of ether oxygens (including phenoxy) is 1. The molecule has 6 heteroatoms. The number of hydrogen-bond donors (Lipinski definition) is 2. The quantitative estimate of drug-likeness (QED) is 0.403. The Balaban J connectivity index is 1.61. The Morgan fingerprint density at radius 3 is 2.36 bits per heavy atom. The van der Waals surface area contributed by atoms with E-state index >= 15 is 0 Å². The highest BCUT2D eigenvalue weighted by Crippen LogP contribution is 2.39. The Hall–Kier alpha value is -2.95.